The number of thioether (sulfide) groups is 1. The molecule has 0 unspecified atom stereocenters. The molecule has 8 atom stereocenters. The molecule has 1 aromatic carbocycles. The number of likely N-dealkylation sites (tertiary alicyclic amines) is 1. The third kappa shape index (κ3) is 11.3. The molecule has 4 aliphatic rings. The standard InChI is InChI=1S/C44H61ClN4O12S/c1-25-11-10-12-34(58-9)44(56)23-33(59-42(55)46-44)26(2)40-43(5,61-40)35(22-37(52)48(7)31-20-29(19-25)21-32(57-8)39(31)45)60-41(54)27(3)47(6)36(51)15-18-62-24-38(53)49-16-13-30(14-17-49)28(4)50/h10-12,20-21,26-27,30,33-35,40,56H,13-19,22-24H2,1-9H3,(H,46,55)/b12-10+,25-11+/t26-,27+,33+,34-,35+,40+,43+,44+/m1/s1. The lowest BCUT2D eigenvalue weighted by Crippen LogP contribution is -2.63. The van der Waals surface area contributed by atoms with E-state index in [1.165, 1.54) is 49.8 Å². The van der Waals surface area contributed by atoms with Crippen LogP contribution in [0.15, 0.2) is 35.9 Å². The second kappa shape index (κ2) is 20.6. The number of halogens is 1. The van der Waals surface area contributed by atoms with Crippen molar-refractivity contribution in [2.45, 2.75) is 115 Å². The van der Waals surface area contributed by atoms with E-state index in [0.29, 0.717) is 49.5 Å². The van der Waals surface area contributed by atoms with Crippen molar-refractivity contribution in [1.82, 2.24) is 15.1 Å². The van der Waals surface area contributed by atoms with Crippen molar-refractivity contribution in [2.75, 3.05) is 57.8 Å². The van der Waals surface area contributed by atoms with Crippen molar-refractivity contribution in [2.24, 2.45) is 11.8 Å². The van der Waals surface area contributed by atoms with Crippen LogP contribution in [0.2, 0.25) is 5.02 Å². The number of likely N-dealkylation sites (N-methyl/N-ethyl adjacent to an activating group) is 1. The van der Waals surface area contributed by atoms with Gasteiger partial charge in [0.1, 0.15) is 46.5 Å². The van der Waals surface area contributed by atoms with Gasteiger partial charge in [0.25, 0.3) is 0 Å². The summed E-state index contributed by atoms with van der Waals surface area (Å²) in [5.74, 6) is -1.15. The molecule has 4 amide bonds. The van der Waals surface area contributed by atoms with E-state index in [0.717, 1.165) is 11.1 Å². The third-order valence-electron chi connectivity index (χ3n) is 12.6. The maximum Gasteiger partial charge on any atom is 0.409 e. The maximum absolute atomic E-state index is 14.3. The van der Waals surface area contributed by atoms with E-state index in [9.17, 15) is 33.9 Å². The monoisotopic (exact) mass is 904 g/mol. The van der Waals surface area contributed by atoms with Gasteiger partial charge in [-0.2, -0.15) is 11.8 Å². The number of carbonyl (C=O) groups is 6. The fourth-order valence-electron chi connectivity index (χ4n) is 8.34. The molecule has 18 heteroatoms. The molecule has 4 bridgehead atoms. The maximum atomic E-state index is 14.3. The number of ketones is 1. The number of rotatable bonds is 11. The van der Waals surface area contributed by atoms with Crippen LogP contribution in [0, 0.1) is 11.8 Å². The van der Waals surface area contributed by atoms with Crippen molar-refractivity contribution in [1.29, 1.82) is 0 Å². The van der Waals surface area contributed by atoms with Gasteiger partial charge in [0.05, 0.1) is 31.1 Å². The number of alkyl carbamates (subject to hydrolysis) is 1. The van der Waals surface area contributed by atoms with Crippen LogP contribution in [0.3, 0.4) is 0 Å². The Morgan fingerprint density at radius 1 is 1.16 bits per heavy atom. The molecule has 16 nitrogen and oxygen atoms in total. The number of nitrogens with zero attached hydrogens (tertiary/aromatic N) is 3. The van der Waals surface area contributed by atoms with Crippen LogP contribution in [-0.4, -0.2) is 145 Å². The normalized spacial score (nSPS) is 30.1. The summed E-state index contributed by atoms with van der Waals surface area (Å²) in [5.41, 5.74) is -1.05. The number of Topliss-reactive ketones (excluding diaryl/α,β-unsaturated/α-hetero) is 1. The van der Waals surface area contributed by atoms with Gasteiger partial charge in [-0.05, 0) is 64.7 Å². The van der Waals surface area contributed by atoms with Crippen molar-refractivity contribution >= 4 is 64.6 Å². The Kier molecular flexibility index (Phi) is 16.2. The van der Waals surface area contributed by atoms with Crippen LogP contribution < -0.4 is 15.0 Å². The Morgan fingerprint density at radius 3 is 2.50 bits per heavy atom. The van der Waals surface area contributed by atoms with E-state index in [1.807, 2.05) is 13.0 Å². The van der Waals surface area contributed by atoms with Gasteiger partial charge in [0.2, 0.25) is 17.7 Å². The molecule has 0 aliphatic carbocycles. The minimum atomic E-state index is -1.85. The van der Waals surface area contributed by atoms with Crippen molar-refractivity contribution in [3.8, 4) is 5.75 Å². The highest BCUT2D eigenvalue weighted by Gasteiger charge is 2.64. The quantitative estimate of drug-likeness (QED) is 0.180. The summed E-state index contributed by atoms with van der Waals surface area (Å²) in [6.45, 7) is 9.57. The molecule has 3 fully saturated rings. The lowest BCUT2D eigenvalue weighted by atomic mass is 9.83. The van der Waals surface area contributed by atoms with E-state index in [4.69, 9.17) is 35.3 Å². The molecule has 342 valence electrons. The van der Waals surface area contributed by atoms with Crippen molar-refractivity contribution in [3.63, 3.8) is 0 Å². The average Bonchev–Trinajstić information content (AvgIpc) is 3.94. The third-order valence-corrected chi connectivity index (χ3v) is 14.0. The van der Waals surface area contributed by atoms with Crippen LogP contribution in [0.5, 0.6) is 5.75 Å². The van der Waals surface area contributed by atoms with Crippen LogP contribution in [0.25, 0.3) is 0 Å². The summed E-state index contributed by atoms with van der Waals surface area (Å²) < 4.78 is 29.3. The van der Waals surface area contributed by atoms with Gasteiger partial charge >= 0.3 is 12.1 Å². The first-order chi connectivity index (χ1) is 29.2. The molecule has 0 saturated carbocycles. The average molecular weight is 906 g/mol. The van der Waals surface area contributed by atoms with Crippen LogP contribution in [0.4, 0.5) is 10.5 Å². The molecule has 62 heavy (non-hydrogen) atoms. The number of ether oxygens (including phenoxy) is 5. The number of nitrogens with one attached hydrogen (secondary N) is 1. The summed E-state index contributed by atoms with van der Waals surface area (Å²) in [5, 5.41) is 14.5. The predicted molar refractivity (Wildman–Crippen MR) is 233 cm³/mol. The first kappa shape index (κ1) is 48.9. The number of methoxy groups -OCH3 is 2. The van der Waals surface area contributed by atoms with Gasteiger partial charge < -0.3 is 43.5 Å². The Labute approximate surface area is 372 Å². The highest BCUT2D eigenvalue weighted by molar-refractivity contribution is 7.99. The Morgan fingerprint density at radius 2 is 1.85 bits per heavy atom. The van der Waals surface area contributed by atoms with E-state index < -0.39 is 65.7 Å². The number of anilines is 1. The molecule has 0 spiro atoms. The molecule has 0 radical (unpaired) electrons. The fraction of sp³-hybridized carbons (Fsp3) is 0.636. The molecule has 3 saturated heterocycles. The number of benzene rings is 1. The number of epoxide rings is 1. The number of esters is 1. The number of amides is 4. The molecule has 2 N–H and O–H groups in total. The van der Waals surface area contributed by atoms with Gasteiger partial charge in [0.15, 0.2) is 5.72 Å². The van der Waals surface area contributed by atoms with E-state index in [1.54, 1.807) is 57.0 Å². The SMILES string of the molecule is COc1cc2cc(c1Cl)N(C)C(=O)C[C@H](OC(=O)[C@H](C)N(C)C(=O)CCSCC(=O)N1CCC(C(C)=O)CC1)[C@]1(C)O[C@H]1[C@H](C)[C@@H]1C[C@@](O)(NC(=O)O1)[C@H](OC)/C=C/C=C(\C)C2. The first-order valence-electron chi connectivity index (χ1n) is 20.9. The van der Waals surface area contributed by atoms with Gasteiger partial charge in [-0.1, -0.05) is 42.3 Å². The van der Waals surface area contributed by atoms with Crippen molar-refractivity contribution in [3.05, 3.63) is 46.5 Å². The lowest BCUT2D eigenvalue weighted by Gasteiger charge is -2.42. The summed E-state index contributed by atoms with van der Waals surface area (Å²) in [6.07, 6.45) is 2.03. The fourth-order valence-corrected chi connectivity index (χ4v) is 9.47. The lowest BCUT2D eigenvalue weighted by molar-refractivity contribution is -0.162. The van der Waals surface area contributed by atoms with Crippen LogP contribution >= 0.6 is 23.4 Å². The number of piperidine rings is 1. The zero-order valence-electron chi connectivity index (χ0n) is 37.1. The molecule has 4 heterocycles. The highest BCUT2D eigenvalue weighted by Crippen LogP contribution is 2.49. The Balaban J connectivity index is 1.34. The topological polar surface area (TPSA) is 194 Å². The largest absolute Gasteiger partial charge is 0.495 e. The van der Waals surface area contributed by atoms with Crippen molar-refractivity contribution < 1.29 is 57.6 Å². The Hall–Kier alpha value is -4.16. The second-order valence-corrected chi connectivity index (χ2v) is 18.5. The molecular formula is C44H61ClN4O12S. The molecule has 5 rings (SSSR count). The summed E-state index contributed by atoms with van der Waals surface area (Å²) in [4.78, 5) is 83.3. The minimum absolute atomic E-state index is 0.00616. The summed E-state index contributed by atoms with van der Waals surface area (Å²) >= 11 is 8.11. The van der Waals surface area contributed by atoms with Gasteiger partial charge in [-0.25, -0.2) is 9.59 Å². The minimum Gasteiger partial charge on any atom is -0.495 e. The van der Waals surface area contributed by atoms with Gasteiger partial charge in [-0.3, -0.25) is 24.5 Å². The van der Waals surface area contributed by atoms with Crippen LogP contribution in [0.1, 0.15) is 72.3 Å². The smallest absolute Gasteiger partial charge is 0.409 e. The summed E-state index contributed by atoms with van der Waals surface area (Å²) in [7, 11) is 5.95. The number of carbonyl (C=O) groups excluding carboxylic acids is 6. The molecule has 4 aliphatic heterocycles. The zero-order chi connectivity index (χ0) is 45.7. The molecular weight excluding hydrogens is 844 g/mol. The molecule has 0 aromatic heterocycles. The molecule has 1 aromatic rings. The predicted octanol–water partition coefficient (Wildman–Crippen LogP) is 4.47. The second-order valence-electron chi connectivity index (χ2n) is 17.0. The van der Waals surface area contributed by atoms with E-state index in [2.05, 4.69) is 5.32 Å². The van der Waals surface area contributed by atoms with E-state index >= 15 is 0 Å². The van der Waals surface area contributed by atoms with Gasteiger partial charge in [0, 0.05) is 64.7 Å². The number of hydrogen-bond acceptors (Lipinski definition) is 13. The zero-order valence-corrected chi connectivity index (χ0v) is 38.6. The number of aliphatic hydroxyl groups is 1. The number of hydrogen-bond donors (Lipinski definition) is 2. The van der Waals surface area contributed by atoms with E-state index in [-0.39, 0.29) is 53.6 Å². The Bertz CT molecular complexity index is 1940. The first-order valence-corrected chi connectivity index (χ1v) is 22.5. The number of allylic oxidation sites excluding steroid dienone is 3. The highest BCUT2D eigenvalue weighted by atomic mass is 35.5. The van der Waals surface area contributed by atoms with Gasteiger partial charge in [-0.15, -0.1) is 0 Å². The van der Waals surface area contributed by atoms with Crippen LogP contribution in [-0.2, 0) is 49.3 Å². The summed E-state index contributed by atoms with van der Waals surface area (Å²) in [6, 6.07) is 2.50. The number of fused-ring (bicyclic) bond motifs is 5.